The van der Waals surface area contributed by atoms with Crippen LogP contribution in [0.1, 0.15) is 38.2 Å². The number of rotatable bonds is 7. The summed E-state index contributed by atoms with van der Waals surface area (Å²) in [4.78, 5) is 28.8. The van der Waals surface area contributed by atoms with Crippen molar-refractivity contribution in [2.45, 2.75) is 39.2 Å². The maximum atomic E-state index is 12.9. The molecule has 1 saturated carbocycles. The van der Waals surface area contributed by atoms with Crippen molar-refractivity contribution in [1.29, 1.82) is 0 Å². The number of likely N-dealkylation sites (N-methyl/N-ethyl adjacent to an activating group) is 1. The van der Waals surface area contributed by atoms with Crippen LogP contribution >= 0.6 is 24.0 Å². The second kappa shape index (κ2) is 12.6. The number of amides is 1. The third-order valence-electron chi connectivity index (χ3n) is 6.44. The molecule has 2 fully saturated rings. The average molecular weight is 558 g/mol. The Morgan fingerprint density at radius 3 is 2.50 bits per heavy atom. The Bertz CT molecular complexity index is 756. The molecular weight excluding hydrogens is 517 g/mol. The quantitative estimate of drug-likeness (QED) is 0.304. The van der Waals surface area contributed by atoms with Crippen molar-refractivity contribution in [2.24, 2.45) is 10.4 Å². The van der Waals surface area contributed by atoms with Crippen LogP contribution < -0.4 is 15.5 Å². The summed E-state index contributed by atoms with van der Waals surface area (Å²) in [5, 5.41) is 6.81. The van der Waals surface area contributed by atoms with Gasteiger partial charge in [0.2, 0.25) is 5.91 Å². The largest absolute Gasteiger partial charge is 0.357 e. The standard InChI is InChI=1S/C23H39N7O.HI/c1-5-24-22(27-18-23(10-6-7-11-23)21(31)28(2)3)26-17-19-9-8-12-25-20(19)30-15-13-29(4)14-16-30;/h8-9,12H,5-7,10-11,13-18H2,1-4H3,(H2,24,26,27);1H. The molecule has 8 nitrogen and oxygen atoms in total. The Hall–Kier alpha value is -1.62. The molecule has 32 heavy (non-hydrogen) atoms. The summed E-state index contributed by atoms with van der Waals surface area (Å²) in [7, 11) is 5.86. The van der Waals surface area contributed by atoms with Gasteiger partial charge in [-0.3, -0.25) is 4.79 Å². The van der Waals surface area contributed by atoms with Crippen LogP contribution in [0.3, 0.4) is 0 Å². The van der Waals surface area contributed by atoms with Gasteiger partial charge in [-0.1, -0.05) is 18.9 Å². The van der Waals surface area contributed by atoms with Gasteiger partial charge in [0, 0.05) is 65.1 Å². The molecule has 3 rings (SSSR count). The van der Waals surface area contributed by atoms with E-state index < -0.39 is 0 Å². The number of piperazine rings is 1. The predicted molar refractivity (Wildman–Crippen MR) is 142 cm³/mol. The van der Waals surface area contributed by atoms with Crippen molar-refractivity contribution in [3.05, 3.63) is 23.9 Å². The zero-order valence-electron chi connectivity index (χ0n) is 20.1. The maximum Gasteiger partial charge on any atom is 0.230 e. The highest BCUT2D eigenvalue weighted by Crippen LogP contribution is 2.38. The molecule has 0 atom stereocenters. The van der Waals surface area contributed by atoms with Crippen LogP contribution in [0.25, 0.3) is 0 Å². The number of carbonyl (C=O) groups excluding carboxylic acids is 1. The average Bonchev–Trinajstić information content (AvgIpc) is 3.26. The van der Waals surface area contributed by atoms with Gasteiger partial charge in [-0.15, -0.1) is 24.0 Å². The number of halogens is 1. The molecular formula is C23H40IN7O. The molecule has 0 spiro atoms. The van der Waals surface area contributed by atoms with Gasteiger partial charge in [-0.25, -0.2) is 9.98 Å². The molecule has 0 radical (unpaired) electrons. The van der Waals surface area contributed by atoms with Crippen molar-refractivity contribution >= 4 is 41.7 Å². The Morgan fingerprint density at radius 2 is 1.88 bits per heavy atom. The molecule has 2 aliphatic rings. The first kappa shape index (κ1) is 26.6. The number of pyridine rings is 1. The SMILES string of the molecule is CCNC(=NCc1cccnc1N1CCN(C)CC1)NCC1(C(=O)N(C)C)CCCC1.I. The molecule has 1 aromatic heterocycles. The van der Waals surface area contributed by atoms with Crippen molar-refractivity contribution in [1.82, 2.24) is 25.4 Å². The summed E-state index contributed by atoms with van der Waals surface area (Å²) in [6.45, 7) is 8.08. The van der Waals surface area contributed by atoms with Gasteiger partial charge in [0.05, 0.1) is 12.0 Å². The van der Waals surface area contributed by atoms with Gasteiger partial charge in [0.15, 0.2) is 5.96 Å². The lowest BCUT2D eigenvalue weighted by atomic mass is 9.84. The fourth-order valence-corrected chi connectivity index (χ4v) is 4.61. The second-order valence-corrected chi connectivity index (χ2v) is 9.01. The zero-order valence-corrected chi connectivity index (χ0v) is 22.4. The van der Waals surface area contributed by atoms with Gasteiger partial charge < -0.3 is 25.3 Å². The van der Waals surface area contributed by atoms with Crippen molar-refractivity contribution in [3.63, 3.8) is 0 Å². The molecule has 1 amide bonds. The normalized spacial score (nSPS) is 18.8. The lowest BCUT2D eigenvalue weighted by Crippen LogP contribution is -2.49. The van der Waals surface area contributed by atoms with Crippen LogP contribution in [-0.4, -0.2) is 87.1 Å². The minimum absolute atomic E-state index is 0. The maximum absolute atomic E-state index is 12.9. The van der Waals surface area contributed by atoms with Gasteiger partial charge >= 0.3 is 0 Å². The highest BCUT2D eigenvalue weighted by atomic mass is 127. The van der Waals surface area contributed by atoms with Crippen LogP contribution in [0, 0.1) is 5.41 Å². The summed E-state index contributed by atoms with van der Waals surface area (Å²) < 4.78 is 0. The fourth-order valence-electron chi connectivity index (χ4n) is 4.61. The summed E-state index contributed by atoms with van der Waals surface area (Å²) in [5.74, 6) is 2.01. The van der Waals surface area contributed by atoms with Gasteiger partial charge in [-0.05, 0) is 32.9 Å². The number of nitrogens with one attached hydrogen (secondary N) is 2. The van der Waals surface area contributed by atoms with Crippen LogP contribution in [-0.2, 0) is 11.3 Å². The molecule has 9 heteroatoms. The number of aliphatic imine (C=N–C) groups is 1. The molecule has 1 aliphatic heterocycles. The second-order valence-electron chi connectivity index (χ2n) is 9.01. The fraction of sp³-hybridized carbons (Fsp3) is 0.696. The number of carbonyl (C=O) groups is 1. The van der Waals surface area contributed by atoms with E-state index in [0.717, 1.165) is 75.7 Å². The number of aromatic nitrogens is 1. The first-order chi connectivity index (χ1) is 14.9. The van der Waals surface area contributed by atoms with Gasteiger partial charge in [0.25, 0.3) is 0 Å². The molecule has 2 heterocycles. The third kappa shape index (κ3) is 6.69. The summed E-state index contributed by atoms with van der Waals surface area (Å²) in [6.07, 6.45) is 5.96. The van der Waals surface area contributed by atoms with Crippen molar-refractivity contribution in [2.75, 3.05) is 65.3 Å². The molecule has 1 aliphatic carbocycles. The topological polar surface area (TPSA) is 76.1 Å². The first-order valence-electron chi connectivity index (χ1n) is 11.6. The van der Waals surface area contributed by atoms with E-state index in [1.807, 2.05) is 26.4 Å². The predicted octanol–water partition coefficient (Wildman–Crippen LogP) is 2.16. The van der Waals surface area contributed by atoms with Crippen molar-refractivity contribution in [3.8, 4) is 0 Å². The number of anilines is 1. The van der Waals surface area contributed by atoms with E-state index in [-0.39, 0.29) is 35.3 Å². The monoisotopic (exact) mass is 557 g/mol. The van der Waals surface area contributed by atoms with E-state index >= 15 is 0 Å². The molecule has 2 N–H and O–H groups in total. The molecule has 0 aromatic carbocycles. The van der Waals surface area contributed by atoms with E-state index in [1.54, 1.807) is 4.90 Å². The molecule has 1 aromatic rings. The van der Waals surface area contributed by atoms with Crippen LogP contribution in [0.4, 0.5) is 5.82 Å². The van der Waals surface area contributed by atoms with Gasteiger partial charge in [0.1, 0.15) is 5.82 Å². The van der Waals surface area contributed by atoms with Crippen molar-refractivity contribution < 1.29 is 4.79 Å². The van der Waals surface area contributed by atoms with E-state index in [2.05, 4.69) is 45.5 Å². The van der Waals surface area contributed by atoms with E-state index in [1.165, 1.54) is 0 Å². The smallest absolute Gasteiger partial charge is 0.230 e. The third-order valence-corrected chi connectivity index (χ3v) is 6.44. The highest BCUT2D eigenvalue weighted by molar-refractivity contribution is 14.0. The minimum atomic E-state index is -0.320. The van der Waals surface area contributed by atoms with E-state index in [9.17, 15) is 4.79 Å². The highest BCUT2D eigenvalue weighted by Gasteiger charge is 2.42. The molecule has 1 saturated heterocycles. The number of guanidine groups is 1. The van der Waals surface area contributed by atoms with E-state index in [4.69, 9.17) is 4.99 Å². The zero-order chi connectivity index (χ0) is 22.3. The van der Waals surface area contributed by atoms with Gasteiger partial charge in [-0.2, -0.15) is 0 Å². The Labute approximate surface area is 210 Å². The van der Waals surface area contributed by atoms with Crippen LogP contribution in [0.5, 0.6) is 0 Å². The number of hydrogen-bond donors (Lipinski definition) is 2. The van der Waals surface area contributed by atoms with E-state index in [0.29, 0.717) is 13.1 Å². The first-order valence-corrected chi connectivity index (χ1v) is 11.6. The summed E-state index contributed by atoms with van der Waals surface area (Å²) in [6, 6.07) is 4.09. The lowest BCUT2D eigenvalue weighted by Gasteiger charge is -2.34. The number of hydrogen-bond acceptors (Lipinski definition) is 5. The Balaban J connectivity index is 0.00000363. The molecule has 180 valence electrons. The van der Waals surface area contributed by atoms with Crippen LogP contribution in [0.2, 0.25) is 0 Å². The Kier molecular flexibility index (Phi) is 10.5. The minimum Gasteiger partial charge on any atom is -0.357 e. The summed E-state index contributed by atoms with van der Waals surface area (Å²) >= 11 is 0. The lowest BCUT2D eigenvalue weighted by molar-refractivity contribution is -0.138. The number of nitrogens with zero attached hydrogens (tertiary/aromatic N) is 5. The van der Waals surface area contributed by atoms with Crippen LogP contribution in [0.15, 0.2) is 23.3 Å². The molecule has 0 unspecified atom stereocenters. The Morgan fingerprint density at radius 1 is 1.19 bits per heavy atom. The summed E-state index contributed by atoms with van der Waals surface area (Å²) in [5.41, 5.74) is 0.808. The molecule has 0 bridgehead atoms.